The first-order valence-corrected chi connectivity index (χ1v) is 8.48. The maximum Gasteiger partial charge on any atom is 0.387 e. The van der Waals surface area contributed by atoms with E-state index in [1.807, 2.05) is 0 Å². The number of halogens is 3. The smallest absolute Gasteiger partial charge is 0.387 e. The zero-order valence-corrected chi connectivity index (χ0v) is 14.7. The summed E-state index contributed by atoms with van der Waals surface area (Å²) in [6.45, 7) is -2.95. The van der Waals surface area contributed by atoms with Gasteiger partial charge in [-0.05, 0) is 42.0 Å². The summed E-state index contributed by atoms with van der Waals surface area (Å²) in [5.74, 6) is -1.22. The van der Waals surface area contributed by atoms with Crippen molar-refractivity contribution in [1.82, 2.24) is 9.55 Å². The quantitative estimate of drug-likeness (QED) is 0.506. The van der Waals surface area contributed by atoms with Gasteiger partial charge in [-0.1, -0.05) is 18.2 Å². The molecule has 1 N–H and O–H groups in total. The number of benzene rings is 2. The standard InChI is InChI=1S/C21H13F3N2O3/c22-14-5-7-19(25-10-14)26-11-17(12-2-1-3-15(8-12)29-21(23)24)16-6-4-13(20(27)28)9-18(16)26/h1-11,21H,(H,27,28). The average molecular weight is 398 g/mol. The van der Waals surface area contributed by atoms with Gasteiger partial charge in [0.25, 0.3) is 0 Å². The van der Waals surface area contributed by atoms with Crippen molar-refractivity contribution in [2.45, 2.75) is 6.61 Å². The molecule has 0 radical (unpaired) electrons. The molecule has 8 heteroatoms. The van der Waals surface area contributed by atoms with Crippen LogP contribution in [0.5, 0.6) is 5.75 Å². The highest BCUT2D eigenvalue weighted by atomic mass is 19.3. The lowest BCUT2D eigenvalue weighted by atomic mass is 10.0. The van der Waals surface area contributed by atoms with Crippen molar-refractivity contribution in [3.63, 3.8) is 0 Å². The third-order valence-electron chi connectivity index (χ3n) is 4.38. The summed E-state index contributed by atoms with van der Waals surface area (Å²) < 4.78 is 44.5. The Morgan fingerprint density at radius 1 is 1.10 bits per heavy atom. The number of carboxylic acid groups (broad SMARTS) is 1. The largest absolute Gasteiger partial charge is 0.478 e. The van der Waals surface area contributed by atoms with E-state index in [1.165, 1.54) is 36.4 Å². The van der Waals surface area contributed by atoms with E-state index in [2.05, 4.69) is 9.72 Å². The van der Waals surface area contributed by atoms with Crippen LogP contribution in [0, 0.1) is 5.82 Å². The highest BCUT2D eigenvalue weighted by Crippen LogP contribution is 2.34. The van der Waals surface area contributed by atoms with Crippen molar-refractivity contribution < 1.29 is 27.8 Å². The number of aromatic carboxylic acids is 1. The molecule has 0 saturated carbocycles. The molecule has 0 aliphatic carbocycles. The molecule has 0 spiro atoms. The molecule has 0 atom stereocenters. The molecule has 2 aromatic carbocycles. The van der Waals surface area contributed by atoms with Gasteiger partial charge >= 0.3 is 12.6 Å². The van der Waals surface area contributed by atoms with Crippen LogP contribution in [0.3, 0.4) is 0 Å². The number of hydrogen-bond donors (Lipinski definition) is 1. The number of hydrogen-bond acceptors (Lipinski definition) is 3. The van der Waals surface area contributed by atoms with Crippen LogP contribution in [-0.4, -0.2) is 27.2 Å². The Balaban J connectivity index is 1.93. The van der Waals surface area contributed by atoms with E-state index in [1.54, 1.807) is 29.0 Å². The summed E-state index contributed by atoms with van der Waals surface area (Å²) in [6, 6.07) is 13.5. The van der Waals surface area contributed by atoms with Gasteiger partial charge in [0.05, 0.1) is 17.3 Å². The summed E-state index contributed by atoms with van der Waals surface area (Å²) in [6.07, 6.45) is 2.75. The zero-order valence-electron chi connectivity index (χ0n) is 14.7. The van der Waals surface area contributed by atoms with Gasteiger partial charge in [0.2, 0.25) is 0 Å². The maximum absolute atomic E-state index is 13.3. The van der Waals surface area contributed by atoms with Gasteiger partial charge in [0, 0.05) is 17.1 Å². The molecule has 29 heavy (non-hydrogen) atoms. The lowest BCUT2D eigenvalue weighted by Gasteiger charge is -2.06. The average Bonchev–Trinajstić information content (AvgIpc) is 3.07. The lowest BCUT2D eigenvalue weighted by Crippen LogP contribution is -2.01. The molecule has 0 saturated heterocycles. The molecular formula is C21H13F3N2O3. The number of ether oxygens (including phenoxy) is 1. The van der Waals surface area contributed by atoms with Gasteiger partial charge in [-0.15, -0.1) is 0 Å². The Kier molecular flexibility index (Phi) is 4.67. The van der Waals surface area contributed by atoms with E-state index in [0.29, 0.717) is 27.8 Å². The minimum absolute atomic E-state index is 0.000429. The Morgan fingerprint density at radius 2 is 1.93 bits per heavy atom. The minimum atomic E-state index is -2.95. The molecule has 0 aliphatic heterocycles. The third kappa shape index (κ3) is 3.64. The van der Waals surface area contributed by atoms with Gasteiger partial charge in [-0.2, -0.15) is 8.78 Å². The first-order valence-electron chi connectivity index (χ1n) is 8.48. The van der Waals surface area contributed by atoms with Crippen molar-refractivity contribution in [3.8, 4) is 22.7 Å². The number of carboxylic acids is 1. The first-order chi connectivity index (χ1) is 13.9. The van der Waals surface area contributed by atoms with Crippen LogP contribution in [0.1, 0.15) is 10.4 Å². The zero-order chi connectivity index (χ0) is 20.5. The summed E-state index contributed by atoms with van der Waals surface area (Å²) in [4.78, 5) is 15.5. The molecule has 4 aromatic rings. The van der Waals surface area contributed by atoms with E-state index >= 15 is 0 Å². The van der Waals surface area contributed by atoms with Crippen molar-refractivity contribution in [2.24, 2.45) is 0 Å². The van der Waals surface area contributed by atoms with Crippen LogP contribution in [0.15, 0.2) is 67.0 Å². The second kappa shape index (κ2) is 7.31. The number of fused-ring (bicyclic) bond motifs is 1. The van der Waals surface area contributed by atoms with Crippen LogP contribution >= 0.6 is 0 Å². The molecule has 146 valence electrons. The van der Waals surface area contributed by atoms with Crippen molar-refractivity contribution in [3.05, 3.63) is 78.4 Å². The van der Waals surface area contributed by atoms with Gasteiger partial charge in [0.15, 0.2) is 0 Å². The fourth-order valence-corrected chi connectivity index (χ4v) is 3.13. The number of aromatic nitrogens is 2. The Morgan fingerprint density at radius 3 is 2.62 bits per heavy atom. The normalized spacial score (nSPS) is 11.2. The molecule has 2 aromatic heterocycles. The predicted octanol–water partition coefficient (Wildman–Crippen LogP) is 5.13. The molecule has 0 unspecified atom stereocenters. The Bertz CT molecular complexity index is 1200. The third-order valence-corrected chi connectivity index (χ3v) is 4.38. The minimum Gasteiger partial charge on any atom is -0.478 e. The van der Waals surface area contributed by atoms with Crippen LogP contribution in [0.2, 0.25) is 0 Å². The second-order valence-electron chi connectivity index (χ2n) is 6.19. The van der Waals surface area contributed by atoms with Crippen LogP contribution < -0.4 is 4.74 Å². The molecule has 0 aliphatic rings. The van der Waals surface area contributed by atoms with Crippen molar-refractivity contribution in [2.75, 3.05) is 0 Å². The summed E-state index contributed by atoms with van der Waals surface area (Å²) in [5.41, 5.74) is 1.85. The van der Waals surface area contributed by atoms with Crippen molar-refractivity contribution in [1.29, 1.82) is 0 Å². The van der Waals surface area contributed by atoms with E-state index in [-0.39, 0.29) is 11.3 Å². The topological polar surface area (TPSA) is 64.3 Å². The molecule has 2 heterocycles. The first kappa shape index (κ1) is 18.5. The lowest BCUT2D eigenvalue weighted by molar-refractivity contribution is -0.0498. The van der Waals surface area contributed by atoms with Crippen molar-refractivity contribution >= 4 is 16.9 Å². The number of nitrogens with zero attached hydrogens (tertiary/aromatic N) is 2. The fourth-order valence-electron chi connectivity index (χ4n) is 3.13. The van der Waals surface area contributed by atoms with Crippen LogP contribution in [-0.2, 0) is 0 Å². The number of rotatable bonds is 5. The molecule has 5 nitrogen and oxygen atoms in total. The molecule has 0 fully saturated rings. The van der Waals surface area contributed by atoms with E-state index in [4.69, 9.17) is 0 Å². The molecular weight excluding hydrogens is 385 g/mol. The summed E-state index contributed by atoms with van der Waals surface area (Å²) in [7, 11) is 0. The van der Waals surface area contributed by atoms with Crippen LogP contribution in [0.4, 0.5) is 13.2 Å². The molecule has 4 rings (SSSR count). The molecule has 0 bridgehead atoms. The predicted molar refractivity (Wildman–Crippen MR) is 100 cm³/mol. The second-order valence-corrected chi connectivity index (χ2v) is 6.19. The maximum atomic E-state index is 13.3. The Labute approximate surface area is 162 Å². The van der Waals surface area contributed by atoms with E-state index in [0.717, 1.165) is 6.20 Å². The molecule has 0 amide bonds. The van der Waals surface area contributed by atoms with E-state index < -0.39 is 18.4 Å². The van der Waals surface area contributed by atoms with E-state index in [9.17, 15) is 23.1 Å². The SMILES string of the molecule is O=C(O)c1ccc2c(-c3cccc(OC(F)F)c3)cn(-c3ccc(F)cn3)c2c1. The highest BCUT2D eigenvalue weighted by Gasteiger charge is 2.16. The van der Waals surface area contributed by atoms with Gasteiger partial charge < -0.3 is 14.4 Å². The van der Waals surface area contributed by atoms with Gasteiger partial charge in [-0.25, -0.2) is 14.2 Å². The summed E-state index contributed by atoms with van der Waals surface area (Å²) in [5, 5.41) is 10.0. The van der Waals surface area contributed by atoms with Gasteiger partial charge in [-0.3, -0.25) is 0 Å². The number of carbonyl (C=O) groups is 1. The Hall–Kier alpha value is -3.81. The fraction of sp³-hybridized carbons (Fsp3) is 0.0476. The van der Waals surface area contributed by atoms with Gasteiger partial charge in [0.1, 0.15) is 17.4 Å². The monoisotopic (exact) mass is 398 g/mol. The highest BCUT2D eigenvalue weighted by molar-refractivity contribution is 6.01. The number of pyridine rings is 1. The van der Waals surface area contributed by atoms with Crippen LogP contribution in [0.25, 0.3) is 27.8 Å². The number of alkyl halides is 2. The summed E-state index contributed by atoms with van der Waals surface area (Å²) >= 11 is 0.